The first-order chi connectivity index (χ1) is 5.66. The minimum Gasteiger partial charge on any atom is -0.366 e. The first-order valence-corrected chi connectivity index (χ1v) is 4.89. The highest BCUT2D eigenvalue weighted by molar-refractivity contribution is 7.98. The summed E-state index contributed by atoms with van der Waals surface area (Å²) in [5.74, 6) is -0.482. The maximum Gasteiger partial charge on any atom is 0.251 e. The number of rotatable bonds is 2. The second-order valence-electron chi connectivity index (χ2n) is 2.18. The van der Waals surface area contributed by atoms with Crippen LogP contribution in [0.5, 0.6) is 0 Å². The first kappa shape index (κ1) is 9.42. The molecular weight excluding hydrogens is 194 g/mol. The van der Waals surface area contributed by atoms with Gasteiger partial charge in [0.25, 0.3) is 5.91 Å². The van der Waals surface area contributed by atoms with Crippen LogP contribution in [0, 0.1) is 0 Å². The van der Waals surface area contributed by atoms with Gasteiger partial charge in [0, 0.05) is 4.90 Å². The monoisotopic (exact) mass is 201 g/mol. The lowest BCUT2D eigenvalue weighted by Crippen LogP contribution is -2.12. The topological polar surface area (TPSA) is 43.1 Å². The van der Waals surface area contributed by atoms with E-state index < -0.39 is 5.91 Å². The van der Waals surface area contributed by atoms with Crippen LogP contribution in [-0.4, -0.2) is 12.2 Å². The third-order valence-electron chi connectivity index (χ3n) is 1.44. The van der Waals surface area contributed by atoms with Crippen LogP contribution in [0.15, 0.2) is 23.1 Å². The van der Waals surface area contributed by atoms with Crippen molar-refractivity contribution in [2.75, 3.05) is 6.26 Å². The van der Waals surface area contributed by atoms with Crippen molar-refractivity contribution < 1.29 is 4.79 Å². The number of carbonyl (C=O) groups excluding carboxylic acids is 1. The molecular formula is C8H8ClNOS. The number of hydrogen-bond acceptors (Lipinski definition) is 2. The Morgan fingerprint density at radius 2 is 2.25 bits per heavy atom. The predicted molar refractivity (Wildman–Crippen MR) is 51.8 cm³/mol. The largest absolute Gasteiger partial charge is 0.366 e. The van der Waals surface area contributed by atoms with E-state index in [9.17, 15) is 4.79 Å². The molecule has 12 heavy (non-hydrogen) atoms. The molecule has 0 aliphatic heterocycles. The summed E-state index contributed by atoms with van der Waals surface area (Å²) < 4.78 is 0. The highest BCUT2D eigenvalue weighted by Crippen LogP contribution is 2.26. The van der Waals surface area contributed by atoms with Gasteiger partial charge < -0.3 is 5.73 Å². The number of amides is 1. The van der Waals surface area contributed by atoms with Crippen molar-refractivity contribution in [2.24, 2.45) is 5.73 Å². The average Bonchev–Trinajstić information content (AvgIpc) is 2.03. The van der Waals surface area contributed by atoms with Crippen LogP contribution in [0.4, 0.5) is 0 Å². The number of hydrogen-bond donors (Lipinski definition) is 1. The zero-order chi connectivity index (χ0) is 9.14. The predicted octanol–water partition coefficient (Wildman–Crippen LogP) is 2.16. The van der Waals surface area contributed by atoms with Gasteiger partial charge in [0.1, 0.15) is 0 Å². The second kappa shape index (κ2) is 3.83. The summed E-state index contributed by atoms with van der Waals surface area (Å²) in [7, 11) is 0. The van der Waals surface area contributed by atoms with Crippen LogP contribution in [0.1, 0.15) is 10.4 Å². The SMILES string of the molecule is CSc1cccc(Cl)c1C(N)=O. The fourth-order valence-electron chi connectivity index (χ4n) is 0.914. The van der Waals surface area contributed by atoms with Crippen molar-refractivity contribution in [1.29, 1.82) is 0 Å². The van der Waals surface area contributed by atoms with E-state index in [4.69, 9.17) is 17.3 Å². The number of thioether (sulfide) groups is 1. The molecule has 0 spiro atoms. The Kier molecular flexibility index (Phi) is 3.00. The number of halogens is 1. The molecule has 0 aliphatic rings. The lowest BCUT2D eigenvalue weighted by Gasteiger charge is -2.04. The Morgan fingerprint density at radius 1 is 1.58 bits per heavy atom. The molecule has 0 saturated carbocycles. The van der Waals surface area contributed by atoms with Gasteiger partial charge in [-0.15, -0.1) is 11.8 Å². The highest BCUT2D eigenvalue weighted by atomic mass is 35.5. The standard InChI is InChI=1S/C8H8ClNOS/c1-12-6-4-2-3-5(9)7(6)8(10)11/h2-4H,1H3,(H2,10,11). The lowest BCUT2D eigenvalue weighted by atomic mass is 10.2. The van der Waals surface area contributed by atoms with E-state index in [-0.39, 0.29) is 0 Å². The first-order valence-electron chi connectivity index (χ1n) is 3.29. The molecule has 1 rings (SSSR count). The van der Waals surface area contributed by atoms with Gasteiger partial charge >= 0.3 is 0 Å². The van der Waals surface area contributed by atoms with Crippen molar-refractivity contribution in [1.82, 2.24) is 0 Å². The number of benzene rings is 1. The van der Waals surface area contributed by atoms with Crippen molar-refractivity contribution in [3.8, 4) is 0 Å². The Balaban J connectivity index is 3.29. The molecule has 0 unspecified atom stereocenters. The highest BCUT2D eigenvalue weighted by Gasteiger charge is 2.10. The molecule has 4 heteroatoms. The van der Waals surface area contributed by atoms with Crippen LogP contribution < -0.4 is 5.73 Å². The summed E-state index contributed by atoms with van der Waals surface area (Å²) >= 11 is 7.24. The molecule has 2 nitrogen and oxygen atoms in total. The lowest BCUT2D eigenvalue weighted by molar-refractivity contribution is 0.0997. The Bertz CT molecular complexity index is 314. The van der Waals surface area contributed by atoms with Crippen molar-refractivity contribution >= 4 is 29.3 Å². The summed E-state index contributed by atoms with van der Waals surface area (Å²) in [5.41, 5.74) is 5.56. The molecule has 1 aromatic carbocycles. The second-order valence-corrected chi connectivity index (χ2v) is 3.44. The smallest absolute Gasteiger partial charge is 0.251 e. The van der Waals surface area contributed by atoms with Gasteiger partial charge in [-0.3, -0.25) is 4.79 Å². The molecule has 0 radical (unpaired) electrons. The summed E-state index contributed by atoms with van der Waals surface area (Å²) in [4.78, 5) is 11.7. The third-order valence-corrected chi connectivity index (χ3v) is 2.54. The molecule has 0 saturated heterocycles. The van der Waals surface area contributed by atoms with Gasteiger partial charge in [-0.1, -0.05) is 17.7 Å². The van der Waals surface area contributed by atoms with Crippen molar-refractivity contribution in [2.45, 2.75) is 4.90 Å². The van der Waals surface area contributed by atoms with Gasteiger partial charge in [-0.25, -0.2) is 0 Å². The van der Waals surface area contributed by atoms with E-state index in [1.165, 1.54) is 11.8 Å². The maximum absolute atomic E-state index is 10.9. The fourth-order valence-corrected chi connectivity index (χ4v) is 1.87. The number of nitrogens with two attached hydrogens (primary N) is 1. The molecule has 1 amide bonds. The van der Waals surface area contributed by atoms with Gasteiger partial charge in [-0.05, 0) is 18.4 Å². The van der Waals surface area contributed by atoms with Crippen LogP contribution in [0.25, 0.3) is 0 Å². The number of primary amides is 1. The molecule has 64 valence electrons. The van der Waals surface area contributed by atoms with Gasteiger partial charge in [0.05, 0.1) is 10.6 Å². The summed E-state index contributed by atoms with van der Waals surface area (Å²) in [5, 5.41) is 0.411. The van der Waals surface area contributed by atoms with E-state index in [0.29, 0.717) is 10.6 Å². The van der Waals surface area contributed by atoms with Crippen LogP contribution in [0.3, 0.4) is 0 Å². The molecule has 2 N–H and O–H groups in total. The van der Waals surface area contributed by atoms with Crippen molar-refractivity contribution in [3.63, 3.8) is 0 Å². The fraction of sp³-hybridized carbons (Fsp3) is 0.125. The Hall–Kier alpha value is -0.670. The zero-order valence-electron chi connectivity index (χ0n) is 6.50. The van der Waals surface area contributed by atoms with Gasteiger partial charge in [0.2, 0.25) is 0 Å². The van der Waals surface area contributed by atoms with Gasteiger partial charge in [0.15, 0.2) is 0 Å². The molecule has 0 atom stereocenters. The summed E-state index contributed by atoms with van der Waals surface area (Å²) in [6.07, 6.45) is 1.87. The quantitative estimate of drug-likeness (QED) is 0.746. The summed E-state index contributed by atoms with van der Waals surface area (Å²) in [6, 6.07) is 5.26. The zero-order valence-corrected chi connectivity index (χ0v) is 8.08. The minimum absolute atomic E-state index is 0.409. The molecule has 0 aromatic heterocycles. The molecule has 0 fully saturated rings. The third kappa shape index (κ3) is 1.73. The Labute approximate surface area is 80.1 Å². The molecule has 0 aliphatic carbocycles. The molecule has 0 bridgehead atoms. The Morgan fingerprint density at radius 3 is 2.67 bits per heavy atom. The van der Waals surface area contributed by atoms with E-state index in [1.54, 1.807) is 12.1 Å². The van der Waals surface area contributed by atoms with E-state index >= 15 is 0 Å². The molecule has 1 aromatic rings. The van der Waals surface area contributed by atoms with Crippen LogP contribution >= 0.6 is 23.4 Å². The van der Waals surface area contributed by atoms with E-state index in [2.05, 4.69) is 0 Å². The van der Waals surface area contributed by atoms with E-state index in [1.807, 2.05) is 12.3 Å². The van der Waals surface area contributed by atoms with Crippen LogP contribution in [-0.2, 0) is 0 Å². The minimum atomic E-state index is -0.482. The van der Waals surface area contributed by atoms with Crippen molar-refractivity contribution in [3.05, 3.63) is 28.8 Å². The normalized spacial score (nSPS) is 9.83. The van der Waals surface area contributed by atoms with E-state index in [0.717, 1.165) is 4.90 Å². The average molecular weight is 202 g/mol. The van der Waals surface area contributed by atoms with Crippen LogP contribution in [0.2, 0.25) is 5.02 Å². The maximum atomic E-state index is 10.9. The summed E-state index contributed by atoms with van der Waals surface area (Å²) in [6.45, 7) is 0. The molecule has 0 heterocycles. The number of carbonyl (C=O) groups is 1. The van der Waals surface area contributed by atoms with Gasteiger partial charge in [-0.2, -0.15) is 0 Å².